The molecule has 0 N–H and O–H groups in total. The van der Waals surface area contributed by atoms with Crippen molar-refractivity contribution in [2.24, 2.45) is 0 Å². The van der Waals surface area contributed by atoms with Crippen molar-refractivity contribution in [3.63, 3.8) is 0 Å². The summed E-state index contributed by atoms with van der Waals surface area (Å²) in [6.45, 7) is 0. The molecule has 0 saturated carbocycles. The van der Waals surface area contributed by atoms with Crippen LogP contribution in [0, 0.1) is 0 Å². The molecule has 0 bridgehead atoms. The Bertz CT molecular complexity index is 2760. The second-order valence-electron chi connectivity index (χ2n) is 14.3. The van der Waals surface area contributed by atoms with E-state index in [9.17, 15) is 0 Å². The highest BCUT2D eigenvalue weighted by Crippen LogP contribution is 2.59. The third-order valence-corrected chi connectivity index (χ3v) is 11.3. The maximum atomic E-state index is 2.52. The summed E-state index contributed by atoms with van der Waals surface area (Å²) in [5.74, 6) is 0. The van der Waals surface area contributed by atoms with Crippen LogP contribution in [-0.4, -0.2) is 0 Å². The van der Waals surface area contributed by atoms with Gasteiger partial charge in [-0.1, -0.05) is 182 Å². The van der Waals surface area contributed by atoms with Gasteiger partial charge in [-0.25, -0.2) is 0 Å². The monoisotopic (exact) mass is 682 g/mol. The molecule has 0 aromatic heterocycles. The predicted octanol–water partition coefficient (Wildman–Crippen LogP) is 15.1. The molecule has 0 nitrogen and oxygen atoms in total. The summed E-state index contributed by atoms with van der Waals surface area (Å²) >= 11 is 0. The van der Waals surface area contributed by atoms with Crippen LogP contribution in [0.1, 0.15) is 0 Å². The van der Waals surface area contributed by atoms with Crippen LogP contribution in [0.4, 0.5) is 0 Å². The summed E-state index contributed by atoms with van der Waals surface area (Å²) in [4.78, 5) is 0. The summed E-state index contributed by atoms with van der Waals surface area (Å²) < 4.78 is 0. The minimum atomic E-state index is 1.23. The smallest absolute Gasteiger partial charge is 0.00134 e. The van der Waals surface area contributed by atoms with E-state index in [1.807, 2.05) is 0 Å². The molecule has 0 heteroatoms. The molecule has 4 aliphatic rings. The van der Waals surface area contributed by atoms with Gasteiger partial charge in [0.1, 0.15) is 0 Å². The topological polar surface area (TPSA) is 0 Å². The van der Waals surface area contributed by atoms with E-state index in [0.29, 0.717) is 0 Å². The first-order chi connectivity index (χ1) is 26.8. The second-order valence-corrected chi connectivity index (χ2v) is 14.3. The van der Waals surface area contributed by atoms with Crippen molar-refractivity contribution in [1.29, 1.82) is 0 Å². The second kappa shape index (κ2) is 12.3. The van der Waals surface area contributed by atoms with Crippen molar-refractivity contribution >= 4 is 21.5 Å². The van der Waals surface area contributed by atoms with Crippen LogP contribution in [0.3, 0.4) is 0 Å². The molecule has 11 rings (SSSR count). The third kappa shape index (κ3) is 4.64. The summed E-state index contributed by atoms with van der Waals surface area (Å²) in [5.41, 5.74) is 20.5. The maximum Gasteiger partial charge on any atom is -0.00134 e. The Kier molecular flexibility index (Phi) is 6.97. The van der Waals surface area contributed by atoms with Crippen molar-refractivity contribution in [3.8, 4) is 89.0 Å². The molecule has 4 aliphatic carbocycles. The molecule has 0 radical (unpaired) electrons. The van der Waals surface area contributed by atoms with E-state index in [1.165, 1.54) is 111 Å². The molecule has 0 unspecified atom stereocenters. The molecular formula is C54H34. The van der Waals surface area contributed by atoms with Crippen molar-refractivity contribution in [2.75, 3.05) is 0 Å². The Morgan fingerprint density at radius 3 is 0.704 bits per heavy atom. The lowest BCUT2D eigenvalue weighted by atomic mass is 9.92. The van der Waals surface area contributed by atoms with E-state index in [2.05, 4.69) is 206 Å². The Balaban J connectivity index is 1.30. The van der Waals surface area contributed by atoms with Crippen LogP contribution in [0.15, 0.2) is 206 Å². The van der Waals surface area contributed by atoms with Gasteiger partial charge in [-0.05, 0) is 135 Å². The SMILES string of the molecule is c1ccc(-c2c3cc4cc5cc6c(-c7ccccc7)c(-c7ccccc7)c(-c7ccccc7)c-6c5cc4c-3c(-c3ccccc3)c2-c2ccccc2)cc1. The van der Waals surface area contributed by atoms with Crippen LogP contribution in [0.2, 0.25) is 0 Å². The predicted molar refractivity (Wildman–Crippen MR) is 230 cm³/mol. The molecule has 0 amide bonds. The largest absolute Gasteiger partial charge is 0.0622 e. The first-order valence-corrected chi connectivity index (χ1v) is 18.8. The van der Waals surface area contributed by atoms with E-state index in [4.69, 9.17) is 0 Å². The minimum absolute atomic E-state index is 1.23. The Labute approximate surface area is 315 Å². The lowest BCUT2D eigenvalue weighted by Gasteiger charge is -2.11. The normalized spacial score (nSPS) is 11.7. The minimum Gasteiger partial charge on any atom is -0.0622 e. The van der Waals surface area contributed by atoms with E-state index in [1.54, 1.807) is 0 Å². The summed E-state index contributed by atoms with van der Waals surface area (Å²) in [7, 11) is 0. The van der Waals surface area contributed by atoms with Crippen molar-refractivity contribution in [2.45, 2.75) is 0 Å². The molecule has 0 heterocycles. The standard InChI is InChI=1S/C54H34/c1-7-19-35(20-8-1)47-45-32-41-31-42-33-46-48(36-21-9-2-10-22-36)50(38-25-13-4-14-26-38)52(40-29-17-6-18-30-40)54(46)44(42)34-43(41)53(45)51(39-27-15-5-16-28-39)49(47)37-23-11-3-12-24-37/h1-34H. The molecule has 0 spiro atoms. The summed E-state index contributed by atoms with van der Waals surface area (Å²) in [6.07, 6.45) is 0. The highest BCUT2D eigenvalue weighted by atomic mass is 14.3. The van der Waals surface area contributed by atoms with E-state index in [-0.39, 0.29) is 0 Å². The lowest BCUT2D eigenvalue weighted by Crippen LogP contribution is -1.85. The number of fused-ring (bicyclic) bond motifs is 6. The van der Waals surface area contributed by atoms with E-state index in [0.717, 1.165) is 0 Å². The zero-order valence-corrected chi connectivity index (χ0v) is 29.6. The van der Waals surface area contributed by atoms with Crippen LogP contribution < -0.4 is 0 Å². The number of rotatable bonds is 6. The Morgan fingerprint density at radius 1 is 0.185 bits per heavy atom. The number of benzene rings is 7. The van der Waals surface area contributed by atoms with Gasteiger partial charge in [0.15, 0.2) is 0 Å². The Hall–Kier alpha value is -7.02. The fourth-order valence-corrected chi connectivity index (χ4v) is 9.14. The lowest BCUT2D eigenvalue weighted by molar-refractivity contribution is 1.62. The van der Waals surface area contributed by atoms with Crippen LogP contribution in [0.5, 0.6) is 0 Å². The van der Waals surface area contributed by atoms with E-state index >= 15 is 0 Å². The van der Waals surface area contributed by atoms with Crippen LogP contribution in [0.25, 0.3) is 111 Å². The molecule has 250 valence electrons. The van der Waals surface area contributed by atoms with Gasteiger partial charge in [0.2, 0.25) is 0 Å². The average Bonchev–Trinajstić information content (AvgIpc) is 3.98. The summed E-state index contributed by atoms with van der Waals surface area (Å²) in [5, 5.41) is 5.15. The maximum absolute atomic E-state index is 2.52. The first kappa shape index (κ1) is 30.6. The van der Waals surface area contributed by atoms with Gasteiger partial charge in [0.05, 0.1) is 0 Å². The molecule has 0 aliphatic heterocycles. The van der Waals surface area contributed by atoms with Gasteiger partial charge in [0, 0.05) is 0 Å². The zero-order valence-electron chi connectivity index (χ0n) is 29.6. The molecule has 0 saturated heterocycles. The first-order valence-electron chi connectivity index (χ1n) is 18.8. The van der Waals surface area contributed by atoms with Gasteiger partial charge in [-0.2, -0.15) is 0 Å². The fourth-order valence-electron chi connectivity index (χ4n) is 9.14. The highest BCUT2D eigenvalue weighted by Gasteiger charge is 2.32. The molecule has 0 fully saturated rings. The molecular weight excluding hydrogens is 649 g/mol. The van der Waals surface area contributed by atoms with Gasteiger partial charge in [-0.3, -0.25) is 0 Å². The number of hydrogen-bond donors (Lipinski definition) is 0. The summed E-state index contributed by atoms with van der Waals surface area (Å²) in [6, 6.07) is 75.7. The van der Waals surface area contributed by atoms with Gasteiger partial charge in [0.25, 0.3) is 0 Å². The molecule has 7 aromatic carbocycles. The molecule has 54 heavy (non-hydrogen) atoms. The van der Waals surface area contributed by atoms with Gasteiger partial charge < -0.3 is 0 Å². The zero-order chi connectivity index (χ0) is 35.6. The average molecular weight is 683 g/mol. The highest BCUT2D eigenvalue weighted by molar-refractivity contribution is 6.26. The van der Waals surface area contributed by atoms with Gasteiger partial charge >= 0.3 is 0 Å². The van der Waals surface area contributed by atoms with E-state index < -0.39 is 0 Å². The van der Waals surface area contributed by atoms with Crippen LogP contribution in [-0.2, 0) is 0 Å². The molecule has 7 aromatic rings. The third-order valence-electron chi connectivity index (χ3n) is 11.3. The van der Waals surface area contributed by atoms with Crippen molar-refractivity contribution < 1.29 is 0 Å². The molecule has 0 atom stereocenters. The quantitative estimate of drug-likeness (QED) is 0.164. The Morgan fingerprint density at radius 2 is 0.426 bits per heavy atom. The van der Waals surface area contributed by atoms with Crippen LogP contribution >= 0.6 is 0 Å². The van der Waals surface area contributed by atoms with Crippen molar-refractivity contribution in [3.05, 3.63) is 206 Å². The fraction of sp³-hybridized carbons (Fsp3) is 0. The van der Waals surface area contributed by atoms with Crippen molar-refractivity contribution in [1.82, 2.24) is 0 Å². The number of hydrogen-bond acceptors (Lipinski definition) is 0. The van der Waals surface area contributed by atoms with Gasteiger partial charge in [-0.15, -0.1) is 0 Å².